The quantitative estimate of drug-likeness (QED) is 0.644. The van der Waals surface area contributed by atoms with Gasteiger partial charge in [0.1, 0.15) is 5.72 Å². The Kier molecular flexibility index (Phi) is 6.46. The van der Waals surface area contributed by atoms with Crippen molar-refractivity contribution in [1.82, 2.24) is 4.90 Å². The van der Waals surface area contributed by atoms with Gasteiger partial charge in [-0.3, -0.25) is 4.90 Å². The Balaban J connectivity index is 0.000000791. The van der Waals surface area contributed by atoms with E-state index in [1.807, 2.05) is 13.8 Å². The van der Waals surface area contributed by atoms with Crippen LogP contribution in [0.3, 0.4) is 0 Å². The van der Waals surface area contributed by atoms with E-state index in [1.165, 1.54) is 0 Å². The fraction of sp³-hybridized carbons (Fsp3) is 1.00. The summed E-state index contributed by atoms with van der Waals surface area (Å²) in [7, 11) is 7.58. The summed E-state index contributed by atoms with van der Waals surface area (Å²) in [5, 5.41) is 0. The highest BCUT2D eigenvalue weighted by molar-refractivity contribution is 6.08. The molecule has 1 aliphatic heterocycles. The van der Waals surface area contributed by atoms with Crippen molar-refractivity contribution in [2.45, 2.75) is 58.6 Å². The molecule has 1 aliphatic rings. The van der Waals surface area contributed by atoms with Gasteiger partial charge in [-0.2, -0.15) is 0 Å². The molecule has 2 nitrogen and oxygen atoms in total. The highest BCUT2D eigenvalue weighted by atomic mass is 16.5. The third-order valence-corrected chi connectivity index (χ3v) is 2.77. The van der Waals surface area contributed by atoms with E-state index in [-0.39, 0.29) is 5.72 Å². The molecule has 0 aromatic carbocycles. The minimum Gasteiger partial charge on any atom is -0.359 e. The lowest BCUT2D eigenvalue weighted by Crippen LogP contribution is -2.40. The van der Waals surface area contributed by atoms with Crippen molar-refractivity contribution in [3.05, 3.63) is 0 Å². The molecule has 0 N–H and O–H groups in total. The Labute approximate surface area is 90.4 Å². The summed E-state index contributed by atoms with van der Waals surface area (Å²) >= 11 is 0. The highest BCUT2D eigenvalue weighted by Crippen LogP contribution is 2.27. The number of hydrogen-bond donors (Lipinski definition) is 0. The molecule has 2 radical (unpaired) electrons. The fourth-order valence-electron chi connectivity index (χ4n) is 1.58. The molecular weight excluding hydrogens is 173 g/mol. The first kappa shape index (κ1) is 14.0. The first-order valence-electron chi connectivity index (χ1n) is 5.65. The van der Waals surface area contributed by atoms with E-state index in [9.17, 15) is 0 Å². The number of likely N-dealkylation sites (N-methyl/N-ethyl adjacent to an activating group) is 1. The standard InChI is InChI=1S/C9H18BNO.C2H6/c1-9(2)11(3)8(7-12-9)5-4-6-10;1-2/h8H,4-7H2,1-3H3;1-2H3. The van der Waals surface area contributed by atoms with Crippen LogP contribution in [0, 0.1) is 0 Å². The Morgan fingerprint density at radius 3 is 2.36 bits per heavy atom. The summed E-state index contributed by atoms with van der Waals surface area (Å²) in [5.74, 6) is 0. The summed E-state index contributed by atoms with van der Waals surface area (Å²) in [6.07, 6.45) is 3.02. The molecule has 0 bridgehead atoms. The molecule has 1 fully saturated rings. The maximum Gasteiger partial charge on any atom is 0.116 e. The minimum absolute atomic E-state index is 0.0841. The number of ether oxygens (including phenoxy) is 1. The fourth-order valence-corrected chi connectivity index (χ4v) is 1.58. The third kappa shape index (κ3) is 3.62. The monoisotopic (exact) mass is 197 g/mol. The van der Waals surface area contributed by atoms with Crippen LogP contribution in [-0.4, -0.2) is 38.2 Å². The number of nitrogens with zero attached hydrogens (tertiary/aromatic N) is 1. The molecule has 14 heavy (non-hydrogen) atoms. The van der Waals surface area contributed by atoms with E-state index in [4.69, 9.17) is 12.6 Å². The van der Waals surface area contributed by atoms with E-state index in [1.54, 1.807) is 0 Å². The molecule has 1 rings (SSSR count). The second kappa shape index (κ2) is 6.47. The van der Waals surface area contributed by atoms with E-state index >= 15 is 0 Å². The predicted octanol–water partition coefficient (Wildman–Crippen LogP) is 2.45. The molecule has 1 heterocycles. The normalized spacial score (nSPS) is 25.6. The molecule has 1 saturated heterocycles. The zero-order valence-electron chi connectivity index (χ0n) is 10.3. The first-order chi connectivity index (χ1) is 6.58. The summed E-state index contributed by atoms with van der Waals surface area (Å²) in [6, 6.07) is 0.559. The zero-order chi connectivity index (χ0) is 11.2. The average molecular weight is 197 g/mol. The van der Waals surface area contributed by atoms with Crippen molar-refractivity contribution in [3.8, 4) is 0 Å². The van der Waals surface area contributed by atoms with Crippen molar-refractivity contribution < 1.29 is 4.74 Å². The van der Waals surface area contributed by atoms with Crippen LogP contribution in [0.4, 0.5) is 0 Å². The van der Waals surface area contributed by atoms with Crippen LogP contribution >= 0.6 is 0 Å². The largest absolute Gasteiger partial charge is 0.359 e. The van der Waals surface area contributed by atoms with Crippen LogP contribution in [0.15, 0.2) is 0 Å². The molecule has 0 aliphatic carbocycles. The van der Waals surface area contributed by atoms with E-state index in [0.717, 1.165) is 25.8 Å². The van der Waals surface area contributed by atoms with Gasteiger partial charge in [0, 0.05) is 6.04 Å². The third-order valence-electron chi connectivity index (χ3n) is 2.77. The minimum atomic E-state index is -0.0841. The van der Waals surface area contributed by atoms with E-state index in [2.05, 4.69) is 25.8 Å². The predicted molar refractivity (Wildman–Crippen MR) is 62.7 cm³/mol. The highest BCUT2D eigenvalue weighted by Gasteiger charge is 2.36. The maximum atomic E-state index is 5.65. The number of rotatable bonds is 3. The van der Waals surface area contributed by atoms with E-state index in [0.29, 0.717) is 6.04 Å². The van der Waals surface area contributed by atoms with Crippen molar-refractivity contribution in [3.63, 3.8) is 0 Å². The molecule has 0 aromatic rings. The van der Waals surface area contributed by atoms with Gasteiger partial charge in [0.15, 0.2) is 0 Å². The topological polar surface area (TPSA) is 12.5 Å². The van der Waals surface area contributed by atoms with Crippen molar-refractivity contribution in [1.29, 1.82) is 0 Å². The Morgan fingerprint density at radius 1 is 1.43 bits per heavy atom. The lowest BCUT2D eigenvalue weighted by atomic mass is 9.97. The van der Waals surface area contributed by atoms with Gasteiger partial charge in [-0.15, -0.1) is 0 Å². The molecule has 0 saturated carbocycles. The van der Waals surface area contributed by atoms with Gasteiger partial charge < -0.3 is 4.74 Å². The molecule has 0 spiro atoms. The van der Waals surface area contributed by atoms with Gasteiger partial charge in [-0.1, -0.05) is 26.6 Å². The first-order valence-corrected chi connectivity index (χ1v) is 5.65. The molecule has 1 atom stereocenters. The zero-order valence-corrected chi connectivity index (χ0v) is 10.3. The van der Waals surface area contributed by atoms with Gasteiger partial charge in [0.2, 0.25) is 0 Å². The van der Waals surface area contributed by atoms with Gasteiger partial charge in [-0.05, 0) is 27.3 Å². The van der Waals surface area contributed by atoms with Crippen LogP contribution in [0.1, 0.15) is 40.5 Å². The second-order valence-corrected chi connectivity index (χ2v) is 3.95. The van der Waals surface area contributed by atoms with Gasteiger partial charge in [0.05, 0.1) is 14.5 Å². The maximum absolute atomic E-state index is 5.65. The van der Waals surface area contributed by atoms with Crippen LogP contribution in [0.25, 0.3) is 0 Å². The van der Waals surface area contributed by atoms with Crippen molar-refractivity contribution in [2.24, 2.45) is 0 Å². The molecular formula is C11H24BNO. The molecule has 0 aromatic heterocycles. The summed E-state index contributed by atoms with van der Waals surface area (Å²) in [6.45, 7) is 9.06. The van der Waals surface area contributed by atoms with Crippen molar-refractivity contribution in [2.75, 3.05) is 13.7 Å². The lowest BCUT2D eigenvalue weighted by Gasteiger charge is -2.29. The van der Waals surface area contributed by atoms with Gasteiger partial charge in [0.25, 0.3) is 0 Å². The SMILES string of the molecule is CC.[B]CCCC1COC(C)(C)N1C. The van der Waals surface area contributed by atoms with Crippen LogP contribution in [0.2, 0.25) is 6.32 Å². The van der Waals surface area contributed by atoms with Crippen LogP contribution in [-0.2, 0) is 4.74 Å². The van der Waals surface area contributed by atoms with E-state index < -0.39 is 0 Å². The summed E-state index contributed by atoms with van der Waals surface area (Å²) in [4.78, 5) is 2.29. The molecule has 1 unspecified atom stereocenters. The second-order valence-electron chi connectivity index (χ2n) is 3.95. The average Bonchev–Trinajstić information content (AvgIpc) is 2.44. The van der Waals surface area contributed by atoms with Crippen LogP contribution < -0.4 is 0 Å². The Hall–Kier alpha value is -0.0151. The lowest BCUT2D eigenvalue weighted by molar-refractivity contribution is -0.0414. The van der Waals surface area contributed by atoms with Crippen LogP contribution in [0.5, 0.6) is 0 Å². The number of hydrogen-bond acceptors (Lipinski definition) is 2. The summed E-state index contributed by atoms with van der Waals surface area (Å²) < 4.78 is 5.65. The molecule has 82 valence electrons. The Morgan fingerprint density at radius 2 is 2.00 bits per heavy atom. The molecule has 3 heteroatoms. The molecule has 0 amide bonds. The summed E-state index contributed by atoms with van der Waals surface area (Å²) in [5.41, 5.74) is -0.0841. The van der Waals surface area contributed by atoms with Gasteiger partial charge >= 0.3 is 0 Å². The Bertz CT molecular complexity index is 150. The van der Waals surface area contributed by atoms with Gasteiger partial charge in [-0.25, -0.2) is 0 Å². The van der Waals surface area contributed by atoms with Crippen molar-refractivity contribution >= 4 is 7.85 Å². The smallest absolute Gasteiger partial charge is 0.116 e.